The van der Waals surface area contributed by atoms with Crippen LogP contribution in [-0.4, -0.2) is 27.6 Å². The largest absolute Gasteiger partial charge is 0.494 e. The highest BCUT2D eigenvalue weighted by molar-refractivity contribution is 5.91. The summed E-state index contributed by atoms with van der Waals surface area (Å²) < 4.78 is 15.5. The van der Waals surface area contributed by atoms with Gasteiger partial charge in [0, 0.05) is 0 Å². The van der Waals surface area contributed by atoms with Gasteiger partial charge in [0.1, 0.15) is 11.6 Å². The van der Waals surface area contributed by atoms with Crippen LogP contribution in [0.15, 0.2) is 23.8 Å². The van der Waals surface area contributed by atoms with Crippen molar-refractivity contribution in [3.63, 3.8) is 0 Å². The van der Waals surface area contributed by atoms with Crippen molar-refractivity contribution >= 4 is 12.0 Å². The van der Waals surface area contributed by atoms with E-state index in [0.29, 0.717) is 23.3 Å². The molecule has 0 saturated carbocycles. The third kappa shape index (κ3) is 2.43. The van der Waals surface area contributed by atoms with Crippen LogP contribution in [0, 0.1) is 11.3 Å². The van der Waals surface area contributed by atoms with Gasteiger partial charge in [0.25, 0.3) is 0 Å². The first-order valence-electron chi connectivity index (χ1n) is 5.08. The normalized spacial score (nSPS) is 11.0. The fourth-order valence-corrected chi connectivity index (χ4v) is 1.56. The van der Waals surface area contributed by atoms with Crippen LogP contribution in [-0.2, 0) is 9.53 Å². The van der Waals surface area contributed by atoms with Gasteiger partial charge in [0.05, 0.1) is 26.9 Å². The standard InChI is InChI=1S/C13H13NO4/c1-16-11-6-4-5-10(13(11)18-3)12(17-2)9(7-14)8-15/h4-6,8H,1-3H3. The van der Waals surface area contributed by atoms with Gasteiger partial charge in [-0.1, -0.05) is 6.07 Å². The topological polar surface area (TPSA) is 68.5 Å². The quantitative estimate of drug-likeness (QED) is 0.343. The maximum atomic E-state index is 10.8. The van der Waals surface area contributed by atoms with Crippen LogP contribution in [0.1, 0.15) is 5.56 Å². The summed E-state index contributed by atoms with van der Waals surface area (Å²) in [6.07, 6.45) is 0.442. The molecule has 0 atom stereocenters. The highest BCUT2D eigenvalue weighted by atomic mass is 16.5. The van der Waals surface area contributed by atoms with Gasteiger partial charge in [0.2, 0.25) is 0 Å². The van der Waals surface area contributed by atoms with Gasteiger partial charge in [0.15, 0.2) is 23.5 Å². The second-order valence-electron chi connectivity index (χ2n) is 3.22. The third-order valence-corrected chi connectivity index (χ3v) is 2.33. The molecule has 0 heterocycles. The Labute approximate surface area is 105 Å². The molecule has 1 rings (SSSR count). The second-order valence-corrected chi connectivity index (χ2v) is 3.22. The number of methoxy groups -OCH3 is 3. The van der Waals surface area contributed by atoms with Crippen LogP contribution in [0.4, 0.5) is 0 Å². The monoisotopic (exact) mass is 247 g/mol. The van der Waals surface area contributed by atoms with Crippen molar-refractivity contribution in [3.8, 4) is 17.6 Å². The molecule has 0 radical (unpaired) electrons. The van der Waals surface area contributed by atoms with Crippen molar-refractivity contribution < 1.29 is 19.0 Å². The smallest absolute Gasteiger partial charge is 0.171 e. The maximum Gasteiger partial charge on any atom is 0.171 e. The molecule has 0 spiro atoms. The van der Waals surface area contributed by atoms with Gasteiger partial charge in [-0.05, 0) is 12.1 Å². The lowest BCUT2D eigenvalue weighted by Crippen LogP contribution is -2.00. The molecule has 0 fully saturated rings. The van der Waals surface area contributed by atoms with Gasteiger partial charge in [-0.25, -0.2) is 0 Å². The van der Waals surface area contributed by atoms with Gasteiger partial charge in [-0.3, -0.25) is 4.79 Å². The van der Waals surface area contributed by atoms with E-state index in [-0.39, 0.29) is 11.3 Å². The van der Waals surface area contributed by atoms with Crippen molar-refractivity contribution in [1.29, 1.82) is 5.26 Å². The summed E-state index contributed by atoms with van der Waals surface area (Å²) in [6, 6.07) is 6.89. The summed E-state index contributed by atoms with van der Waals surface area (Å²) in [7, 11) is 4.36. The molecule has 0 saturated heterocycles. The van der Waals surface area contributed by atoms with E-state index in [1.165, 1.54) is 21.3 Å². The van der Waals surface area contributed by atoms with E-state index in [2.05, 4.69) is 0 Å². The molecule has 0 bridgehead atoms. The number of carbonyl (C=O) groups is 1. The summed E-state index contributed by atoms with van der Waals surface area (Å²) in [5, 5.41) is 8.89. The molecular formula is C13H13NO4. The fraction of sp³-hybridized carbons (Fsp3) is 0.231. The van der Waals surface area contributed by atoms with Crippen LogP contribution in [0.5, 0.6) is 11.5 Å². The van der Waals surface area contributed by atoms with Crippen LogP contribution in [0.2, 0.25) is 0 Å². The molecule has 0 aliphatic rings. The zero-order valence-electron chi connectivity index (χ0n) is 10.4. The van der Waals surface area contributed by atoms with Crippen LogP contribution in [0.25, 0.3) is 5.76 Å². The minimum atomic E-state index is -0.107. The highest BCUT2D eigenvalue weighted by Gasteiger charge is 2.17. The number of hydrogen-bond donors (Lipinski definition) is 0. The Kier molecular flexibility index (Phi) is 4.76. The molecule has 1 aromatic rings. The van der Waals surface area contributed by atoms with Crippen LogP contribution < -0.4 is 9.47 Å². The molecule has 18 heavy (non-hydrogen) atoms. The molecule has 0 N–H and O–H groups in total. The van der Waals surface area contributed by atoms with E-state index in [9.17, 15) is 4.79 Å². The first-order chi connectivity index (χ1) is 8.73. The van der Waals surface area contributed by atoms with E-state index in [4.69, 9.17) is 19.5 Å². The molecule has 0 amide bonds. The Morgan fingerprint density at radius 1 is 1.28 bits per heavy atom. The first kappa shape index (κ1) is 13.6. The maximum absolute atomic E-state index is 10.8. The number of nitrogens with zero attached hydrogens (tertiary/aromatic N) is 1. The molecule has 5 nitrogen and oxygen atoms in total. The summed E-state index contributed by atoms with van der Waals surface area (Å²) >= 11 is 0. The average molecular weight is 247 g/mol. The van der Waals surface area contributed by atoms with Crippen molar-refractivity contribution in [1.82, 2.24) is 0 Å². The number of rotatable bonds is 5. The van der Waals surface area contributed by atoms with E-state index >= 15 is 0 Å². The Balaban J connectivity index is 3.53. The number of benzene rings is 1. The zero-order valence-corrected chi connectivity index (χ0v) is 10.4. The highest BCUT2D eigenvalue weighted by Crippen LogP contribution is 2.36. The molecule has 5 heteroatoms. The van der Waals surface area contributed by atoms with Crippen molar-refractivity contribution in [2.45, 2.75) is 0 Å². The predicted octanol–water partition coefficient (Wildman–Crippen LogP) is 1.78. The summed E-state index contributed by atoms with van der Waals surface area (Å²) in [5.74, 6) is 1.06. The van der Waals surface area contributed by atoms with Crippen molar-refractivity contribution in [2.75, 3.05) is 21.3 Å². The lowest BCUT2D eigenvalue weighted by Gasteiger charge is -2.14. The molecule has 0 aliphatic carbocycles. The first-order valence-corrected chi connectivity index (χ1v) is 5.08. The fourth-order valence-electron chi connectivity index (χ4n) is 1.56. The molecule has 1 aromatic carbocycles. The molecule has 94 valence electrons. The van der Waals surface area contributed by atoms with E-state index in [1.54, 1.807) is 24.3 Å². The van der Waals surface area contributed by atoms with Crippen LogP contribution >= 0.6 is 0 Å². The predicted molar refractivity (Wildman–Crippen MR) is 65.2 cm³/mol. The van der Waals surface area contributed by atoms with Crippen LogP contribution in [0.3, 0.4) is 0 Å². The molecule has 0 unspecified atom stereocenters. The third-order valence-electron chi connectivity index (χ3n) is 2.33. The SMILES string of the molecule is COC(=C(C#N)C=O)c1cccc(OC)c1OC. The van der Waals surface area contributed by atoms with Gasteiger partial charge < -0.3 is 14.2 Å². The van der Waals surface area contributed by atoms with Crippen molar-refractivity contribution in [2.24, 2.45) is 0 Å². The number of allylic oxidation sites excluding steroid dienone is 1. The number of ether oxygens (including phenoxy) is 3. The number of hydrogen-bond acceptors (Lipinski definition) is 5. The minimum Gasteiger partial charge on any atom is -0.494 e. The van der Waals surface area contributed by atoms with E-state index in [1.807, 2.05) is 0 Å². The number of para-hydroxylation sites is 1. The Bertz CT molecular complexity index is 514. The average Bonchev–Trinajstić information content (AvgIpc) is 2.43. The second kappa shape index (κ2) is 6.30. The zero-order chi connectivity index (χ0) is 13.5. The van der Waals surface area contributed by atoms with Gasteiger partial charge in [-0.15, -0.1) is 0 Å². The number of carbonyl (C=O) groups excluding carboxylic acids is 1. The lowest BCUT2D eigenvalue weighted by molar-refractivity contribution is -0.104. The number of nitriles is 1. The Hall–Kier alpha value is -2.48. The Morgan fingerprint density at radius 2 is 2.00 bits per heavy atom. The molecule has 0 aliphatic heterocycles. The lowest BCUT2D eigenvalue weighted by atomic mass is 10.1. The molecule has 0 aromatic heterocycles. The number of aldehydes is 1. The minimum absolute atomic E-state index is 0.107. The molecular weight excluding hydrogens is 234 g/mol. The van der Waals surface area contributed by atoms with Gasteiger partial charge >= 0.3 is 0 Å². The summed E-state index contributed by atoms with van der Waals surface area (Å²) in [4.78, 5) is 10.8. The van der Waals surface area contributed by atoms with E-state index < -0.39 is 0 Å². The van der Waals surface area contributed by atoms with Gasteiger partial charge in [-0.2, -0.15) is 5.26 Å². The van der Waals surface area contributed by atoms with E-state index in [0.717, 1.165) is 0 Å². The Morgan fingerprint density at radius 3 is 2.44 bits per heavy atom. The summed E-state index contributed by atoms with van der Waals surface area (Å²) in [6.45, 7) is 0. The summed E-state index contributed by atoms with van der Waals surface area (Å²) in [5.41, 5.74) is 0.382. The van der Waals surface area contributed by atoms with Crippen molar-refractivity contribution in [3.05, 3.63) is 29.3 Å².